The van der Waals surface area contributed by atoms with E-state index >= 15 is 0 Å². The van der Waals surface area contributed by atoms with Crippen molar-refractivity contribution in [2.45, 2.75) is 25.2 Å². The van der Waals surface area contributed by atoms with Crippen molar-refractivity contribution >= 4 is 23.0 Å². The van der Waals surface area contributed by atoms with Gasteiger partial charge in [0, 0.05) is 13.0 Å². The topological polar surface area (TPSA) is 41.9 Å². The Hall–Kier alpha value is -3.20. The summed E-state index contributed by atoms with van der Waals surface area (Å²) in [6, 6.07) is 14.2. The van der Waals surface area contributed by atoms with Crippen LogP contribution in [0.15, 0.2) is 71.2 Å². The number of thiophene rings is 1. The van der Waals surface area contributed by atoms with E-state index < -0.39 is 17.8 Å². The second kappa shape index (κ2) is 9.12. The van der Waals surface area contributed by atoms with E-state index in [0.717, 1.165) is 12.1 Å². The molecule has 166 valence electrons. The molecule has 0 saturated heterocycles. The number of benzene rings is 2. The Morgan fingerprint density at radius 2 is 1.91 bits per heavy atom. The number of carbonyl (C=O) groups excluding carboxylic acids is 1. The van der Waals surface area contributed by atoms with Gasteiger partial charge in [0.15, 0.2) is 6.10 Å². The number of hydrogen-bond acceptors (Lipinski definition) is 4. The van der Waals surface area contributed by atoms with Gasteiger partial charge in [0.2, 0.25) is 0 Å². The molecule has 3 aromatic rings. The van der Waals surface area contributed by atoms with Gasteiger partial charge in [-0.15, -0.1) is 11.3 Å². The van der Waals surface area contributed by atoms with E-state index in [0.29, 0.717) is 28.1 Å². The first-order valence-corrected chi connectivity index (χ1v) is 10.6. The minimum atomic E-state index is -4.47. The molecule has 0 aliphatic carbocycles. The molecule has 0 spiro atoms. The number of carbonyl (C=O) groups is 1. The summed E-state index contributed by atoms with van der Waals surface area (Å²) < 4.78 is 52.5. The fourth-order valence-corrected chi connectivity index (χ4v) is 4.12. The third kappa shape index (κ3) is 5.16. The second-order valence-corrected chi connectivity index (χ2v) is 8.29. The van der Waals surface area contributed by atoms with E-state index in [2.05, 4.69) is 5.16 Å². The maximum atomic E-state index is 13.2. The van der Waals surface area contributed by atoms with Crippen LogP contribution < -0.4 is 0 Å². The Morgan fingerprint density at radius 3 is 2.59 bits per heavy atom. The predicted molar refractivity (Wildman–Crippen MR) is 113 cm³/mol. The molecule has 4 rings (SSSR count). The van der Waals surface area contributed by atoms with Gasteiger partial charge in [-0.2, -0.15) is 13.2 Å². The molecule has 0 N–H and O–H groups in total. The molecule has 1 unspecified atom stereocenters. The van der Waals surface area contributed by atoms with E-state index in [1.165, 1.54) is 34.4 Å². The van der Waals surface area contributed by atoms with Crippen molar-refractivity contribution in [3.8, 4) is 0 Å². The Balaban J connectivity index is 1.51. The third-order valence-electron chi connectivity index (χ3n) is 4.98. The Kier molecular flexibility index (Phi) is 6.27. The van der Waals surface area contributed by atoms with Crippen LogP contribution in [0.4, 0.5) is 17.6 Å². The van der Waals surface area contributed by atoms with Gasteiger partial charge < -0.3 is 9.74 Å². The molecule has 1 aliphatic rings. The largest absolute Gasteiger partial charge is 0.416 e. The van der Waals surface area contributed by atoms with Gasteiger partial charge in [0.1, 0.15) is 5.82 Å². The van der Waals surface area contributed by atoms with Crippen LogP contribution in [0.5, 0.6) is 0 Å². The van der Waals surface area contributed by atoms with Crippen LogP contribution in [0.2, 0.25) is 0 Å². The highest BCUT2D eigenvalue weighted by Gasteiger charge is 2.31. The Labute approximate surface area is 185 Å². The SMILES string of the molecule is O=C(c1cccs1)N(Cc1cccc(C(F)(F)F)c1)CC1CC(c2ccc(F)cc2)=NO1. The van der Waals surface area contributed by atoms with Crippen molar-refractivity contribution in [2.24, 2.45) is 5.16 Å². The highest BCUT2D eigenvalue weighted by Crippen LogP contribution is 2.30. The molecule has 0 radical (unpaired) electrons. The van der Waals surface area contributed by atoms with Gasteiger partial charge in [0.05, 0.1) is 22.7 Å². The van der Waals surface area contributed by atoms with E-state index in [-0.39, 0.29) is 24.8 Å². The van der Waals surface area contributed by atoms with Gasteiger partial charge in [-0.05, 0) is 46.8 Å². The van der Waals surface area contributed by atoms with Crippen LogP contribution in [0.25, 0.3) is 0 Å². The molecule has 32 heavy (non-hydrogen) atoms. The summed E-state index contributed by atoms with van der Waals surface area (Å²) in [5.74, 6) is -0.658. The number of oxime groups is 1. The molecule has 1 aromatic heterocycles. The van der Waals surface area contributed by atoms with Crippen molar-refractivity contribution in [1.29, 1.82) is 0 Å². The summed E-state index contributed by atoms with van der Waals surface area (Å²) in [5, 5.41) is 5.82. The lowest BCUT2D eigenvalue weighted by atomic mass is 10.0. The first kappa shape index (κ1) is 22.0. The average molecular weight is 462 g/mol. The van der Waals surface area contributed by atoms with Crippen molar-refractivity contribution in [3.05, 3.63) is 93.4 Å². The van der Waals surface area contributed by atoms with Gasteiger partial charge in [-0.25, -0.2) is 4.39 Å². The maximum absolute atomic E-state index is 13.2. The predicted octanol–water partition coefficient (Wildman–Crippen LogP) is 5.74. The number of halogens is 4. The molecular formula is C23H18F4N2O2S. The Bertz CT molecular complexity index is 1110. The fraction of sp³-hybridized carbons (Fsp3) is 0.217. The van der Waals surface area contributed by atoms with Crippen molar-refractivity contribution < 1.29 is 27.2 Å². The molecule has 2 aromatic carbocycles. The van der Waals surface area contributed by atoms with Gasteiger partial charge in [-0.1, -0.05) is 35.5 Å². The van der Waals surface area contributed by atoms with Crippen LogP contribution >= 0.6 is 11.3 Å². The number of amides is 1. The fourth-order valence-electron chi connectivity index (χ4n) is 3.43. The minimum Gasteiger partial charge on any atom is -0.390 e. The molecule has 0 bridgehead atoms. The van der Waals surface area contributed by atoms with Crippen LogP contribution in [-0.4, -0.2) is 29.2 Å². The van der Waals surface area contributed by atoms with Crippen LogP contribution in [0, 0.1) is 5.82 Å². The zero-order valence-corrected chi connectivity index (χ0v) is 17.5. The van der Waals surface area contributed by atoms with Crippen LogP contribution in [0.1, 0.15) is 32.8 Å². The molecule has 1 atom stereocenters. The smallest absolute Gasteiger partial charge is 0.390 e. The summed E-state index contributed by atoms with van der Waals surface area (Å²) in [7, 11) is 0. The minimum absolute atomic E-state index is 0.00754. The maximum Gasteiger partial charge on any atom is 0.416 e. The highest BCUT2D eigenvalue weighted by molar-refractivity contribution is 7.12. The standard InChI is InChI=1S/C23H18F4N2O2S/c24-18-8-6-16(7-9-18)20-12-19(31-28-20)14-29(22(30)21-5-2-10-32-21)13-15-3-1-4-17(11-15)23(25,26)27/h1-11,19H,12-14H2. The number of alkyl halides is 3. The summed E-state index contributed by atoms with van der Waals surface area (Å²) in [6.45, 7) is 0.133. The normalized spacial score (nSPS) is 15.9. The lowest BCUT2D eigenvalue weighted by Gasteiger charge is -2.25. The summed E-state index contributed by atoms with van der Waals surface area (Å²) in [6.07, 6.45) is -4.54. The zero-order valence-electron chi connectivity index (χ0n) is 16.7. The van der Waals surface area contributed by atoms with Crippen molar-refractivity contribution in [3.63, 3.8) is 0 Å². The summed E-state index contributed by atoms with van der Waals surface area (Å²) in [4.78, 5) is 20.5. The quantitative estimate of drug-likeness (QED) is 0.439. The monoisotopic (exact) mass is 462 g/mol. The first-order chi connectivity index (χ1) is 15.3. The third-order valence-corrected chi connectivity index (χ3v) is 5.84. The molecule has 9 heteroatoms. The molecule has 0 fully saturated rings. The van der Waals surface area contributed by atoms with E-state index in [9.17, 15) is 22.4 Å². The van der Waals surface area contributed by atoms with Gasteiger partial charge >= 0.3 is 6.18 Å². The van der Waals surface area contributed by atoms with Crippen LogP contribution in [-0.2, 0) is 17.6 Å². The molecule has 4 nitrogen and oxygen atoms in total. The van der Waals surface area contributed by atoms with Gasteiger partial charge in [-0.3, -0.25) is 4.79 Å². The number of hydrogen-bond donors (Lipinski definition) is 0. The van der Waals surface area contributed by atoms with E-state index in [1.54, 1.807) is 35.7 Å². The lowest BCUT2D eigenvalue weighted by molar-refractivity contribution is -0.137. The zero-order chi connectivity index (χ0) is 22.7. The van der Waals surface area contributed by atoms with Gasteiger partial charge in [0.25, 0.3) is 5.91 Å². The van der Waals surface area contributed by atoms with E-state index in [4.69, 9.17) is 4.84 Å². The number of rotatable bonds is 6. The molecule has 1 aliphatic heterocycles. The highest BCUT2D eigenvalue weighted by atomic mass is 32.1. The van der Waals surface area contributed by atoms with Crippen LogP contribution in [0.3, 0.4) is 0 Å². The Morgan fingerprint density at radius 1 is 1.12 bits per heavy atom. The van der Waals surface area contributed by atoms with E-state index in [1.807, 2.05) is 0 Å². The number of nitrogens with zero attached hydrogens (tertiary/aromatic N) is 2. The lowest BCUT2D eigenvalue weighted by Crippen LogP contribution is -2.37. The summed E-state index contributed by atoms with van der Waals surface area (Å²) >= 11 is 1.26. The molecular weight excluding hydrogens is 444 g/mol. The van der Waals surface area contributed by atoms with Crippen molar-refractivity contribution in [2.75, 3.05) is 6.54 Å². The summed E-state index contributed by atoms with van der Waals surface area (Å²) in [5.41, 5.74) is 0.931. The molecule has 1 amide bonds. The average Bonchev–Trinajstić information content (AvgIpc) is 3.45. The molecule has 2 heterocycles. The van der Waals surface area contributed by atoms with Crippen molar-refractivity contribution in [1.82, 2.24) is 4.90 Å². The second-order valence-electron chi connectivity index (χ2n) is 7.34. The first-order valence-electron chi connectivity index (χ1n) is 9.77. The molecule has 0 saturated carbocycles.